The summed E-state index contributed by atoms with van der Waals surface area (Å²) in [4.78, 5) is 23.7. The van der Waals surface area contributed by atoms with Crippen LogP contribution in [0.4, 0.5) is 11.4 Å². The Kier molecular flexibility index (Phi) is 8.07. The van der Waals surface area contributed by atoms with Crippen LogP contribution in [-0.2, 0) is 24.4 Å². The lowest BCUT2D eigenvalue weighted by Crippen LogP contribution is -2.55. The zero-order chi connectivity index (χ0) is 30.6. The lowest BCUT2D eigenvalue weighted by atomic mass is 9.95. The fourth-order valence-electron chi connectivity index (χ4n) is 6.36. The molecule has 4 heterocycles. The van der Waals surface area contributed by atoms with Crippen molar-refractivity contribution in [3.8, 4) is 18.0 Å². The Labute approximate surface area is 256 Å². The minimum atomic E-state index is -0.336. The van der Waals surface area contributed by atoms with E-state index in [0.29, 0.717) is 43.9 Å². The molecule has 0 aliphatic carbocycles. The molecule has 4 aromatic rings. The minimum Gasteiger partial charge on any atom is -0.470 e. The van der Waals surface area contributed by atoms with E-state index in [1.807, 2.05) is 6.07 Å². The van der Waals surface area contributed by atoms with Crippen LogP contribution in [-0.4, -0.2) is 58.2 Å². The minimum absolute atomic E-state index is 0.110. The predicted octanol–water partition coefficient (Wildman–Crippen LogP) is 4.46. The molecule has 0 spiro atoms. The third kappa shape index (κ3) is 5.38. The summed E-state index contributed by atoms with van der Waals surface area (Å²) in [5, 5.41) is 30.5. The number of ether oxygens (including phenoxy) is 1. The Hall–Kier alpha value is -5.48. The van der Waals surface area contributed by atoms with Crippen LogP contribution < -0.4 is 14.5 Å². The van der Waals surface area contributed by atoms with Gasteiger partial charge in [-0.1, -0.05) is 36.9 Å². The summed E-state index contributed by atoms with van der Waals surface area (Å²) in [5.74, 6) is 0.0421. The van der Waals surface area contributed by atoms with Crippen LogP contribution in [0.3, 0.4) is 0 Å². The first kappa shape index (κ1) is 28.6. The van der Waals surface area contributed by atoms with E-state index >= 15 is 0 Å². The van der Waals surface area contributed by atoms with Crippen LogP contribution in [0.2, 0.25) is 0 Å². The number of amides is 1. The largest absolute Gasteiger partial charge is 0.470 e. The monoisotopic (exact) mass is 584 g/mol. The zero-order valence-corrected chi connectivity index (χ0v) is 24.6. The molecule has 0 saturated carbocycles. The lowest BCUT2D eigenvalue weighted by Gasteiger charge is -2.43. The van der Waals surface area contributed by atoms with Crippen molar-refractivity contribution in [2.75, 3.05) is 36.0 Å². The number of aryl methyl sites for hydroxylation is 1. The number of aromatic nitrogens is 3. The van der Waals surface area contributed by atoms with Crippen molar-refractivity contribution < 1.29 is 9.53 Å². The molecule has 0 radical (unpaired) electrons. The molecule has 2 aromatic carbocycles. The van der Waals surface area contributed by atoms with Crippen LogP contribution in [0.15, 0.2) is 67.4 Å². The predicted molar refractivity (Wildman–Crippen MR) is 167 cm³/mol. The van der Waals surface area contributed by atoms with Gasteiger partial charge in [-0.15, -0.1) is 0 Å². The number of carbonyl (C=O) groups excluding carboxylic acids is 1. The molecule has 0 bridgehead atoms. The van der Waals surface area contributed by atoms with Gasteiger partial charge < -0.3 is 19.4 Å². The Morgan fingerprint density at radius 2 is 1.95 bits per heavy atom. The van der Waals surface area contributed by atoms with Crippen LogP contribution in [0.25, 0.3) is 10.8 Å². The quantitative estimate of drug-likeness (QED) is 0.290. The highest BCUT2D eigenvalue weighted by Crippen LogP contribution is 2.40. The van der Waals surface area contributed by atoms with E-state index in [1.165, 1.54) is 22.4 Å². The second kappa shape index (κ2) is 12.4. The molecule has 10 nitrogen and oxygen atoms in total. The molecular weight excluding hydrogens is 552 g/mol. The van der Waals surface area contributed by atoms with Gasteiger partial charge in [-0.25, -0.2) is 4.98 Å². The normalized spacial score (nSPS) is 16.2. The average molecular weight is 585 g/mol. The number of nitriles is 2. The van der Waals surface area contributed by atoms with Crippen LogP contribution in [0, 0.1) is 29.6 Å². The summed E-state index contributed by atoms with van der Waals surface area (Å²) in [7, 11) is 0. The molecule has 1 fully saturated rings. The molecule has 1 saturated heterocycles. The smallest absolute Gasteiger partial charge is 0.246 e. The number of hydrogen-bond acceptors (Lipinski definition) is 9. The molecule has 0 unspecified atom stereocenters. The number of nitrogens with zero attached hydrogens (tertiary/aromatic N) is 8. The van der Waals surface area contributed by atoms with Crippen molar-refractivity contribution >= 4 is 28.1 Å². The maximum absolute atomic E-state index is 12.6. The highest BCUT2D eigenvalue weighted by molar-refractivity contribution is 5.97. The van der Waals surface area contributed by atoms with E-state index in [4.69, 9.17) is 9.72 Å². The maximum atomic E-state index is 12.6. The van der Waals surface area contributed by atoms with Gasteiger partial charge in [0.2, 0.25) is 11.8 Å². The molecule has 44 heavy (non-hydrogen) atoms. The highest BCUT2D eigenvalue weighted by atomic mass is 16.5. The fourth-order valence-corrected chi connectivity index (χ4v) is 6.36. The first-order valence-electron chi connectivity index (χ1n) is 14.7. The van der Waals surface area contributed by atoms with Gasteiger partial charge in [0.05, 0.1) is 36.5 Å². The summed E-state index contributed by atoms with van der Waals surface area (Å²) < 4.78 is 6.18. The van der Waals surface area contributed by atoms with Gasteiger partial charge in [-0.3, -0.25) is 4.79 Å². The summed E-state index contributed by atoms with van der Waals surface area (Å²) >= 11 is 0. The number of pyridine rings is 1. The number of fused-ring (bicyclic) bond motifs is 2. The fraction of sp³-hybridized carbons (Fsp3) is 0.294. The molecule has 2 aromatic heterocycles. The van der Waals surface area contributed by atoms with Gasteiger partial charge in [0, 0.05) is 49.0 Å². The van der Waals surface area contributed by atoms with Gasteiger partial charge in [0.1, 0.15) is 23.9 Å². The average Bonchev–Trinajstić information content (AvgIpc) is 3.06. The second-order valence-electron chi connectivity index (χ2n) is 11.0. The Morgan fingerprint density at radius 3 is 2.70 bits per heavy atom. The third-order valence-electron chi connectivity index (χ3n) is 8.41. The first-order chi connectivity index (χ1) is 21.5. The summed E-state index contributed by atoms with van der Waals surface area (Å²) in [6, 6.07) is 20.6. The van der Waals surface area contributed by atoms with E-state index in [0.717, 1.165) is 29.2 Å². The summed E-state index contributed by atoms with van der Waals surface area (Å²) in [5.41, 5.74) is 5.94. The van der Waals surface area contributed by atoms with Crippen molar-refractivity contribution in [3.63, 3.8) is 0 Å². The number of piperazine rings is 1. The number of benzene rings is 2. The molecule has 2 aliphatic heterocycles. The van der Waals surface area contributed by atoms with E-state index in [1.54, 1.807) is 17.2 Å². The Bertz CT molecular complexity index is 1810. The Balaban J connectivity index is 1.42. The van der Waals surface area contributed by atoms with E-state index < -0.39 is 0 Å². The molecule has 1 atom stereocenters. The van der Waals surface area contributed by atoms with E-state index in [2.05, 4.69) is 82.0 Å². The van der Waals surface area contributed by atoms with Crippen molar-refractivity contribution in [1.82, 2.24) is 20.1 Å². The molecule has 0 N–H and O–H groups in total. The van der Waals surface area contributed by atoms with Crippen molar-refractivity contribution in [2.24, 2.45) is 0 Å². The molecule has 1 amide bonds. The third-order valence-corrected chi connectivity index (χ3v) is 8.41. The van der Waals surface area contributed by atoms with Crippen LogP contribution in [0.1, 0.15) is 34.5 Å². The number of hydrogen-bond donors (Lipinski definition) is 0. The van der Waals surface area contributed by atoms with Crippen LogP contribution >= 0.6 is 0 Å². The number of rotatable bonds is 7. The van der Waals surface area contributed by atoms with Crippen LogP contribution in [0.5, 0.6) is 5.88 Å². The van der Waals surface area contributed by atoms with Gasteiger partial charge in [-0.2, -0.15) is 20.7 Å². The SMILES string of the molecule is C=CC(=O)N1CCN(c2c(C#N)c(OCc3cccnn3)nc3c2CCN(c2cccc4cccc(C)c24)C3)C[C@@H]1CC#N. The Morgan fingerprint density at radius 1 is 1.11 bits per heavy atom. The topological polar surface area (TPSA) is 122 Å². The van der Waals surface area contributed by atoms with E-state index in [9.17, 15) is 15.3 Å². The molecule has 2 aliphatic rings. The van der Waals surface area contributed by atoms with Gasteiger partial charge in [-0.05, 0) is 48.6 Å². The molecule has 10 heteroatoms. The molecule has 6 rings (SSSR count). The number of carbonyl (C=O) groups is 1. The van der Waals surface area contributed by atoms with Crippen molar-refractivity contribution in [2.45, 2.75) is 39.0 Å². The summed E-state index contributed by atoms with van der Waals surface area (Å²) in [6.07, 6.45) is 3.73. The summed E-state index contributed by atoms with van der Waals surface area (Å²) in [6.45, 7) is 8.49. The zero-order valence-electron chi connectivity index (χ0n) is 24.6. The molecule has 220 valence electrons. The lowest BCUT2D eigenvalue weighted by molar-refractivity contribution is -0.128. The standard InChI is InChI=1S/C34H32N8O2/c1-3-31(43)42-18-17-41(20-26(42)12-14-35)33-27-13-16-40(30-11-5-9-24-8-4-7-23(2)32(24)30)21-29(27)38-34(28(33)19-36)44-22-25-10-6-15-37-39-25/h3-11,15,26H,1,12-13,16-18,20-22H2,2H3/t26-/m0/s1. The van der Waals surface area contributed by atoms with Gasteiger partial charge in [0.25, 0.3) is 0 Å². The highest BCUT2D eigenvalue weighted by Gasteiger charge is 2.35. The van der Waals surface area contributed by atoms with Crippen molar-refractivity contribution in [1.29, 1.82) is 10.5 Å². The second-order valence-corrected chi connectivity index (χ2v) is 11.0. The van der Waals surface area contributed by atoms with E-state index in [-0.39, 0.29) is 30.9 Å². The van der Waals surface area contributed by atoms with Crippen molar-refractivity contribution in [3.05, 3.63) is 95.5 Å². The maximum Gasteiger partial charge on any atom is 0.246 e. The number of anilines is 2. The molecular formula is C34H32N8O2. The van der Waals surface area contributed by atoms with Gasteiger partial charge >= 0.3 is 0 Å². The first-order valence-corrected chi connectivity index (χ1v) is 14.7. The van der Waals surface area contributed by atoms with Gasteiger partial charge in [0.15, 0.2) is 0 Å².